The van der Waals surface area contributed by atoms with E-state index in [1.54, 1.807) is 15.6 Å². The number of hydrogen-bond donors (Lipinski definition) is 1. The Balaban J connectivity index is 1.52. The van der Waals surface area contributed by atoms with Crippen molar-refractivity contribution in [2.75, 3.05) is 24.6 Å². The molecule has 1 N–H and O–H groups in total. The number of nitrogens with zero attached hydrogens (tertiary/aromatic N) is 4. The highest BCUT2D eigenvalue weighted by atomic mass is 32.2. The van der Waals surface area contributed by atoms with Crippen molar-refractivity contribution in [3.05, 3.63) is 92.9 Å². The van der Waals surface area contributed by atoms with Gasteiger partial charge in [0.15, 0.2) is 23.1 Å². The molecular formula is C27H24F2N4O3S. The molecule has 0 saturated carbocycles. The van der Waals surface area contributed by atoms with Gasteiger partial charge in [-0.05, 0) is 42.6 Å². The third-order valence-electron chi connectivity index (χ3n) is 8.11. The second-order valence-corrected chi connectivity index (χ2v) is 11.0. The molecule has 3 atom stereocenters. The molecule has 190 valence electrons. The van der Waals surface area contributed by atoms with Crippen LogP contribution in [0.2, 0.25) is 0 Å². The monoisotopic (exact) mass is 522 g/mol. The minimum absolute atomic E-state index is 0.103. The summed E-state index contributed by atoms with van der Waals surface area (Å²) in [5.41, 5.74) is 1.02. The summed E-state index contributed by atoms with van der Waals surface area (Å²) in [6, 6.07) is 11.4. The number of benzene rings is 2. The topological polar surface area (TPSA) is 69.0 Å². The molecule has 1 aromatic heterocycles. The van der Waals surface area contributed by atoms with E-state index in [9.17, 15) is 19.1 Å². The number of carbonyl (C=O) groups excluding carboxylic acids is 1. The number of hydrogen-bond acceptors (Lipinski definition) is 6. The highest BCUT2D eigenvalue weighted by molar-refractivity contribution is 7.98. The maximum atomic E-state index is 15.2. The molecule has 0 spiro atoms. The van der Waals surface area contributed by atoms with Crippen LogP contribution in [0.1, 0.15) is 46.1 Å². The van der Waals surface area contributed by atoms with Gasteiger partial charge >= 0.3 is 0 Å². The Kier molecular flexibility index (Phi) is 5.13. The lowest BCUT2D eigenvalue weighted by molar-refractivity contribution is 0.0165. The first kappa shape index (κ1) is 22.8. The van der Waals surface area contributed by atoms with Crippen molar-refractivity contribution in [2.45, 2.75) is 41.7 Å². The molecule has 2 fully saturated rings. The van der Waals surface area contributed by atoms with Crippen LogP contribution in [-0.2, 0) is 5.75 Å². The summed E-state index contributed by atoms with van der Waals surface area (Å²) in [5.74, 6) is -2.53. The van der Waals surface area contributed by atoms with Crippen molar-refractivity contribution in [1.82, 2.24) is 14.5 Å². The summed E-state index contributed by atoms with van der Waals surface area (Å²) in [6.07, 6.45) is 3.06. The number of carbonyl (C=O) groups is 1. The quantitative estimate of drug-likeness (QED) is 0.528. The fourth-order valence-corrected chi connectivity index (χ4v) is 7.49. The fraction of sp³-hybridized carbons (Fsp3) is 0.333. The zero-order valence-corrected chi connectivity index (χ0v) is 20.6. The molecule has 0 radical (unpaired) electrons. The largest absolute Gasteiger partial charge is 0.502 e. The van der Waals surface area contributed by atoms with Crippen LogP contribution in [-0.4, -0.2) is 57.3 Å². The maximum Gasteiger partial charge on any atom is 0.278 e. The van der Waals surface area contributed by atoms with E-state index < -0.39 is 40.9 Å². The number of thioether (sulfide) groups is 1. The van der Waals surface area contributed by atoms with Crippen molar-refractivity contribution in [3.8, 4) is 5.75 Å². The number of pyridine rings is 1. The molecule has 7 nitrogen and oxygen atoms in total. The SMILES string of the molecule is O=C1c2c(O)c(=O)ccn2N([C@@H]2c3ccccc3SCc3c2ccc(F)c3F)[C@@H]2CN3CCCC3CN12. The first-order valence-corrected chi connectivity index (χ1v) is 13.4. The molecule has 2 aromatic carbocycles. The molecule has 3 aromatic rings. The van der Waals surface area contributed by atoms with Crippen molar-refractivity contribution >= 4 is 17.7 Å². The highest BCUT2D eigenvalue weighted by Gasteiger charge is 2.49. The van der Waals surface area contributed by atoms with E-state index in [4.69, 9.17) is 0 Å². The molecular weight excluding hydrogens is 498 g/mol. The lowest BCUT2D eigenvalue weighted by atomic mass is 9.92. The molecule has 2 saturated heterocycles. The van der Waals surface area contributed by atoms with Crippen LogP contribution in [0.3, 0.4) is 0 Å². The average molecular weight is 523 g/mol. The van der Waals surface area contributed by atoms with Crippen LogP contribution in [0, 0.1) is 11.6 Å². The summed E-state index contributed by atoms with van der Waals surface area (Å²) >= 11 is 1.44. The summed E-state index contributed by atoms with van der Waals surface area (Å²) in [6.45, 7) is 1.96. The van der Waals surface area contributed by atoms with E-state index in [0.29, 0.717) is 18.7 Å². The van der Waals surface area contributed by atoms with Crippen LogP contribution in [0.4, 0.5) is 8.78 Å². The smallest absolute Gasteiger partial charge is 0.278 e. The Bertz CT molecular complexity index is 1510. The molecule has 0 aliphatic carbocycles. The van der Waals surface area contributed by atoms with Crippen LogP contribution in [0.25, 0.3) is 0 Å². The van der Waals surface area contributed by atoms with Crippen molar-refractivity contribution in [1.29, 1.82) is 0 Å². The molecule has 1 unspecified atom stereocenters. The summed E-state index contributed by atoms with van der Waals surface area (Å²) in [4.78, 5) is 31.2. The van der Waals surface area contributed by atoms with Gasteiger partial charge in [0.2, 0.25) is 5.43 Å². The van der Waals surface area contributed by atoms with E-state index in [1.807, 2.05) is 29.3 Å². The summed E-state index contributed by atoms with van der Waals surface area (Å²) < 4.78 is 31.2. The highest BCUT2D eigenvalue weighted by Crippen LogP contribution is 2.45. The van der Waals surface area contributed by atoms with Crippen molar-refractivity contribution < 1.29 is 18.7 Å². The van der Waals surface area contributed by atoms with Gasteiger partial charge in [0, 0.05) is 47.6 Å². The number of aromatic nitrogens is 1. The maximum absolute atomic E-state index is 15.2. The van der Waals surface area contributed by atoms with Gasteiger partial charge in [-0.1, -0.05) is 24.3 Å². The van der Waals surface area contributed by atoms with Gasteiger partial charge in [-0.3, -0.25) is 24.2 Å². The normalized spacial score (nSPS) is 24.6. The Morgan fingerprint density at radius 1 is 1.00 bits per heavy atom. The third kappa shape index (κ3) is 3.28. The van der Waals surface area contributed by atoms with Crippen LogP contribution >= 0.6 is 11.8 Å². The van der Waals surface area contributed by atoms with Gasteiger partial charge in [-0.15, -0.1) is 11.8 Å². The van der Waals surface area contributed by atoms with Crippen molar-refractivity contribution in [2.24, 2.45) is 0 Å². The lowest BCUT2D eigenvalue weighted by Gasteiger charge is -2.54. The van der Waals surface area contributed by atoms with E-state index in [0.717, 1.165) is 35.9 Å². The van der Waals surface area contributed by atoms with Gasteiger partial charge < -0.3 is 10.0 Å². The predicted octanol–water partition coefficient (Wildman–Crippen LogP) is 3.43. The molecule has 37 heavy (non-hydrogen) atoms. The second-order valence-electron chi connectivity index (χ2n) is 9.99. The minimum Gasteiger partial charge on any atom is -0.502 e. The van der Waals surface area contributed by atoms with Gasteiger partial charge in [0.25, 0.3) is 5.91 Å². The summed E-state index contributed by atoms with van der Waals surface area (Å²) in [7, 11) is 0. The molecule has 0 bridgehead atoms. The van der Waals surface area contributed by atoms with E-state index in [1.165, 1.54) is 24.0 Å². The lowest BCUT2D eigenvalue weighted by Crippen LogP contribution is -2.70. The molecule has 10 heteroatoms. The zero-order chi connectivity index (χ0) is 25.4. The van der Waals surface area contributed by atoms with Crippen LogP contribution < -0.4 is 10.4 Å². The molecule has 5 heterocycles. The Hall–Kier alpha value is -3.37. The second kappa shape index (κ2) is 8.32. The molecule has 4 aliphatic heterocycles. The summed E-state index contributed by atoms with van der Waals surface area (Å²) in [5, 5.41) is 12.8. The fourth-order valence-electron chi connectivity index (χ4n) is 6.38. The zero-order valence-electron chi connectivity index (χ0n) is 19.8. The Labute approximate surface area is 215 Å². The van der Waals surface area contributed by atoms with Crippen molar-refractivity contribution in [3.63, 3.8) is 0 Å². The number of aromatic hydroxyl groups is 1. The first-order chi connectivity index (χ1) is 17.9. The third-order valence-corrected chi connectivity index (χ3v) is 9.23. The average Bonchev–Trinajstić information content (AvgIpc) is 3.29. The Morgan fingerprint density at radius 2 is 1.84 bits per heavy atom. The van der Waals surface area contributed by atoms with E-state index in [-0.39, 0.29) is 23.1 Å². The van der Waals surface area contributed by atoms with E-state index in [2.05, 4.69) is 4.90 Å². The van der Waals surface area contributed by atoms with Gasteiger partial charge in [-0.25, -0.2) is 8.78 Å². The molecule has 1 amide bonds. The number of halogens is 2. The Morgan fingerprint density at radius 3 is 2.70 bits per heavy atom. The minimum atomic E-state index is -0.904. The number of amides is 1. The van der Waals surface area contributed by atoms with Gasteiger partial charge in [0.1, 0.15) is 6.17 Å². The van der Waals surface area contributed by atoms with Crippen LogP contribution in [0.15, 0.2) is 58.4 Å². The number of fused-ring (bicyclic) bond motifs is 5. The van der Waals surface area contributed by atoms with Gasteiger partial charge in [-0.2, -0.15) is 0 Å². The predicted molar refractivity (Wildman–Crippen MR) is 134 cm³/mol. The first-order valence-electron chi connectivity index (χ1n) is 12.4. The van der Waals surface area contributed by atoms with Gasteiger partial charge in [0.05, 0.1) is 6.04 Å². The molecule has 7 rings (SSSR count). The number of rotatable bonds is 1. The van der Waals surface area contributed by atoms with E-state index >= 15 is 4.39 Å². The molecule has 4 aliphatic rings. The van der Waals surface area contributed by atoms with Crippen LogP contribution in [0.5, 0.6) is 5.75 Å². The number of piperazine rings is 1. The standard InChI is InChI=1S/C27H24F2N4O3S/c28-19-8-7-16-18(23(19)29)14-37-21-6-2-1-5-17(21)24(16)33-22-13-30-10-3-4-15(30)12-31(22)27(36)25-26(35)20(34)9-11-32(25)33/h1-2,5-9,11,15,22,24,35H,3-4,10,12-14H2/t15?,22-,24+/m1/s1.